The van der Waals surface area contributed by atoms with Crippen LogP contribution in [0.4, 0.5) is 11.6 Å². The zero-order valence-electron chi connectivity index (χ0n) is 15.6. The predicted octanol–water partition coefficient (Wildman–Crippen LogP) is 4.36. The van der Waals surface area contributed by atoms with Crippen LogP contribution in [0.2, 0.25) is 0 Å². The molecule has 0 saturated heterocycles. The van der Waals surface area contributed by atoms with Crippen LogP contribution >= 0.6 is 0 Å². The number of nitrogens with one attached hydrogen (secondary N) is 1. The number of hydrogen-bond acceptors (Lipinski definition) is 6. The van der Waals surface area contributed by atoms with E-state index in [1.54, 1.807) is 13.3 Å². The Bertz CT molecular complexity index is 988. The second-order valence-corrected chi connectivity index (χ2v) is 6.25. The van der Waals surface area contributed by atoms with Crippen molar-refractivity contribution in [1.29, 1.82) is 0 Å². The third-order valence-corrected chi connectivity index (χ3v) is 4.28. The van der Waals surface area contributed by atoms with E-state index in [2.05, 4.69) is 15.3 Å². The Morgan fingerprint density at radius 3 is 2.89 bits per heavy atom. The van der Waals surface area contributed by atoms with Gasteiger partial charge in [-0.2, -0.15) is 0 Å². The molecule has 0 atom stereocenters. The molecule has 0 aliphatic carbocycles. The Morgan fingerprint density at radius 1 is 1.04 bits per heavy atom. The van der Waals surface area contributed by atoms with Crippen molar-refractivity contribution >= 4 is 11.6 Å². The zero-order chi connectivity index (χ0) is 19.2. The van der Waals surface area contributed by atoms with Crippen LogP contribution in [0.5, 0.6) is 11.5 Å². The maximum Gasteiger partial charge on any atom is 0.227 e. The molecule has 1 aliphatic heterocycles. The zero-order valence-corrected chi connectivity index (χ0v) is 15.6. The van der Waals surface area contributed by atoms with Gasteiger partial charge in [-0.15, -0.1) is 0 Å². The van der Waals surface area contributed by atoms with E-state index in [4.69, 9.17) is 14.2 Å². The molecule has 6 bridgehead atoms. The Morgan fingerprint density at radius 2 is 1.96 bits per heavy atom. The van der Waals surface area contributed by atoms with Gasteiger partial charge < -0.3 is 19.5 Å². The number of anilines is 2. The highest BCUT2D eigenvalue weighted by molar-refractivity contribution is 5.65. The molecule has 1 aromatic heterocycles. The highest BCUT2D eigenvalue weighted by atomic mass is 16.5. The summed E-state index contributed by atoms with van der Waals surface area (Å²) < 4.78 is 17.0. The van der Waals surface area contributed by atoms with Gasteiger partial charge in [0.15, 0.2) is 11.5 Å². The Kier molecular flexibility index (Phi) is 5.49. The Balaban J connectivity index is 1.72. The van der Waals surface area contributed by atoms with Gasteiger partial charge in [0, 0.05) is 17.4 Å². The summed E-state index contributed by atoms with van der Waals surface area (Å²) in [6.07, 6.45) is 5.62. The average Bonchev–Trinajstić information content (AvgIpc) is 2.73. The first-order valence-corrected chi connectivity index (χ1v) is 9.05. The molecular weight excluding hydrogens is 354 g/mol. The third-order valence-electron chi connectivity index (χ3n) is 4.28. The van der Waals surface area contributed by atoms with E-state index in [1.165, 1.54) is 0 Å². The lowest BCUT2D eigenvalue weighted by molar-refractivity contribution is 0.148. The molecule has 0 unspecified atom stereocenters. The van der Waals surface area contributed by atoms with E-state index >= 15 is 0 Å². The Hall–Kier alpha value is -3.38. The topological polar surface area (TPSA) is 65.5 Å². The molecule has 4 rings (SSSR count). The quantitative estimate of drug-likeness (QED) is 0.638. The van der Waals surface area contributed by atoms with E-state index in [1.807, 2.05) is 60.7 Å². The number of rotatable bonds is 1. The van der Waals surface area contributed by atoms with E-state index < -0.39 is 0 Å². The number of fused-ring (bicyclic) bond motifs is 7. The summed E-state index contributed by atoms with van der Waals surface area (Å²) in [6.45, 7) is 1.47. The number of methoxy groups -OCH3 is 1. The van der Waals surface area contributed by atoms with Gasteiger partial charge in [0.05, 0.1) is 26.0 Å². The van der Waals surface area contributed by atoms with Crippen molar-refractivity contribution in [3.8, 4) is 22.8 Å². The molecule has 0 spiro atoms. The van der Waals surface area contributed by atoms with Crippen molar-refractivity contribution in [2.45, 2.75) is 6.61 Å². The summed E-state index contributed by atoms with van der Waals surface area (Å²) in [4.78, 5) is 8.97. The smallest absolute Gasteiger partial charge is 0.227 e. The molecule has 6 nitrogen and oxygen atoms in total. The average molecular weight is 375 g/mol. The van der Waals surface area contributed by atoms with Crippen molar-refractivity contribution in [2.75, 3.05) is 25.6 Å². The van der Waals surface area contributed by atoms with Gasteiger partial charge in [0.1, 0.15) is 6.61 Å². The lowest BCUT2D eigenvalue weighted by atomic mass is 10.1. The predicted molar refractivity (Wildman–Crippen MR) is 108 cm³/mol. The van der Waals surface area contributed by atoms with Crippen molar-refractivity contribution in [3.05, 3.63) is 72.4 Å². The first-order chi connectivity index (χ1) is 13.8. The molecule has 0 amide bonds. The molecule has 1 N–H and O–H groups in total. The lowest BCUT2D eigenvalue weighted by Crippen LogP contribution is -1.99. The summed E-state index contributed by atoms with van der Waals surface area (Å²) in [5.41, 5.74) is 3.71. The van der Waals surface area contributed by atoms with Crippen LogP contribution in [0.15, 0.2) is 66.9 Å². The lowest BCUT2D eigenvalue weighted by Gasteiger charge is -2.12. The minimum absolute atomic E-state index is 0.426. The molecule has 142 valence electrons. The normalized spacial score (nSPS) is 14.9. The third kappa shape index (κ3) is 4.29. The van der Waals surface area contributed by atoms with Crippen LogP contribution in [0, 0.1) is 0 Å². The molecular formula is C22H21N3O3. The van der Waals surface area contributed by atoms with Gasteiger partial charge >= 0.3 is 0 Å². The fourth-order valence-electron chi connectivity index (χ4n) is 2.92. The number of benzene rings is 2. The molecule has 0 radical (unpaired) electrons. The van der Waals surface area contributed by atoms with Crippen LogP contribution in [-0.4, -0.2) is 30.3 Å². The minimum Gasteiger partial charge on any atom is -0.493 e. The summed E-state index contributed by atoms with van der Waals surface area (Å²) in [5.74, 6) is 1.87. The molecule has 2 aromatic carbocycles. The second kappa shape index (κ2) is 8.54. The fraction of sp³-hybridized carbons (Fsp3) is 0.182. The highest BCUT2D eigenvalue weighted by Gasteiger charge is 2.09. The van der Waals surface area contributed by atoms with Crippen LogP contribution in [0.25, 0.3) is 11.3 Å². The van der Waals surface area contributed by atoms with Crippen LogP contribution in [-0.2, 0) is 11.3 Å². The van der Waals surface area contributed by atoms with Crippen molar-refractivity contribution in [1.82, 2.24) is 9.97 Å². The number of nitrogens with zero attached hydrogens (tertiary/aromatic N) is 2. The van der Waals surface area contributed by atoms with E-state index in [-0.39, 0.29) is 0 Å². The largest absolute Gasteiger partial charge is 0.493 e. The van der Waals surface area contributed by atoms with Gasteiger partial charge in [-0.25, -0.2) is 9.97 Å². The molecule has 0 saturated carbocycles. The van der Waals surface area contributed by atoms with Crippen molar-refractivity contribution in [3.63, 3.8) is 0 Å². The summed E-state index contributed by atoms with van der Waals surface area (Å²) in [7, 11) is 1.63. The summed E-state index contributed by atoms with van der Waals surface area (Å²) in [5, 5.41) is 3.26. The first-order valence-electron chi connectivity index (χ1n) is 9.05. The standard InChI is InChI=1S/C22H21N3O3/c1-26-20-8-7-17-14-21(20)28-12-3-2-11-27-15-16-5-4-6-18(13-16)24-22-23-10-9-19(17)25-22/h2-10,13-14H,11-12,15H2,1H3,(H,23,24,25)/b3-2+. The second-order valence-electron chi connectivity index (χ2n) is 6.25. The van der Waals surface area contributed by atoms with E-state index in [9.17, 15) is 0 Å². The molecule has 2 heterocycles. The van der Waals surface area contributed by atoms with Crippen LogP contribution in [0.3, 0.4) is 0 Å². The maximum absolute atomic E-state index is 5.88. The number of aromatic nitrogens is 2. The molecule has 28 heavy (non-hydrogen) atoms. The maximum atomic E-state index is 5.88. The van der Waals surface area contributed by atoms with E-state index in [0.717, 1.165) is 22.5 Å². The molecule has 1 aliphatic rings. The molecule has 6 heteroatoms. The summed E-state index contributed by atoms with van der Waals surface area (Å²) in [6, 6.07) is 15.7. The first kappa shape index (κ1) is 18.0. The van der Waals surface area contributed by atoms with Crippen LogP contribution < -0.4 is 14.8 Å². The molecule has 3 aromatic rings. The van der Waals surface area contributed by atoms with Gasteiger partial charge in [-0.05, 0) is 48.0 Å². The van der Waals surface area contributed by atoms with Gasteiger partial charge in [-0.3, -0.25) is 0 Å². The monoisotopic (exact) mass is 375 g/mol. The molecule has 0 fully saturated rings. The van der Waals surface area contributed by atoms with Crippen molar-refractivity contribution in [2.24, 2.45) is 0 Å². The fourth-order valence-corrected chi connectivity index (χ4v) is 2.92. The van der Waals surface area contributed by atoms with Gasteiger partial charge in [0.2, 0.25) is 5.95 Å². The highest BCUT2D eigenvalue weighted by Crippen LogP contribution is 2.32. The van der Waals surface area contributed by atoms with Gasteiger partial charge in [-0.1, -0.05) is 18.2 Å². The van der Waals surface area contributed by atoms with Gasteiger partial charge in [0.25, 0.3) is 0 Å². The summed E-state index contributed by atoms with van der Waals surface area (Å²) >= 11 is 0. The van der Waals surface area contributed by atoms with Crippen LogP contribution in [0.1, 0.15) is 5.56 Å². The van der Waals surface area contributed by atoms with E-state index in [0.29, 0.717) is 37.3 Å². The Labute approximate surface area is 163 Å². The number of ether oxygens (including phenoxy) is 3. The number of hydrogen-bond donors (Lipinski definition) is 1. The minimum atomic E-state index is 0.426. The van der Waals surface area contributed by atoms with Crippen molar-refractivity contribution < 1.29 is 14.2 Å². The SMILES string of the molecule is COc1ccc2cc1OC/C=C/COCc1cccc(c1)Nc1nccc-2n1.